The van der Waals surface area contributed by atoms with Crippen LogP contribution in [0.25, 0.3) is 10.9 Å². The van der Waals surface area contributed by atoms with Crippen molar-refractivity contribution >= 4 is 16.8 Å². The summed E-state index contributed by atoms with van der Waals surface area (Å²) in [5.74, 6) is -0.609. The Bertz CT molecular complexity index is 1200. The fourth-order valence-electron chi connectivity index (χ4n) is 4.49. The first-order valence-electron chi connectivity index (χ1n) is 11.8. The number of rotatable bonds is 7. The lowest BCUT2D eigenvalue weighted by molar-refractivity contribution is 0.0406. The van der Waals surface area contributed by atoms with Crippen LogP contribution in [0.2, 0.25) is 0 Å². The molecule has 1 amide bonds. The van der Waals surface area contributed by atoms with Crippen LogP contribution >= 0.6 is 0 Å². The van der Waals surface area contributed by atoms with E-state index >= 15 is 0 Å². The zero-order chi connectivity index (χ0) is 24.2. The zero-order valence-corrected chi connectivity index (χ0v) is 19.3. The Balaban J connectivity index is 1.16. The van der Waals surface area contributed by atoms with Crippen molar-refractivity contribution in [2.75, 3.05) is 39.3 Å². The minimum absolute atomic E-state index is 0.0183. The summed E-state index contributed by atoms with van der Waals surface area (Å²) in [5.41, 5.74) is 3.20. The molecule has 5 rings (SSSR count). The third kappa shape index (κ3) is 5.42. The predicted octanol–water partition coefficient (Wildman–Crippen LogP) is 5.01. The maximum absolute atomic E-state index is 13.4. The highest BCUT2D eigenvalue weighted by Gasteiger charge is 2.24. The van der Waals surface area contributed by atoms with Crippen LogP contribution in [0.4, 0.5) is 8.78 Å². The summed E-state index contributed by atoms with van der Waals surface area (Å²) in [6, 6.07) is 22.1. The molecule has 0 unspecified atom stereocenters. The minimum atomic E-state index is -0.416. The van der Waals surface area contributed by atoms with Crippen molar-refractivity contribution in [1.29, 1.82) is 0 Å². The second-order valence-electron chi connectivity index (χ2n) is 8.76. The number of aromatic amines is 1. The Morgan fingerprint density at radius 1 is 0.857 bits per heavy atom. The zero-order valence-electron chi connectivity index (χ0n) is 19.3. The molecule has 1 aliphatic rings. The number of nitrogens with zero attached hydrogens (tertiary/aromatic N) is 2. The van der Waals surface area contributed by atoms with Crippen molar-refractivity contribution in [3.05, 3.63) is 107 Å². The quantitative estimate of drug-likeness (QED) is 0.409. The van der Waals surface area contributed by atoms with Gasteiger partial charge < -0.3 is 14.6 Å². The molecule has 3 aromatic carbocycles. The van der Waals surface area contributed by atoms with E-state index in [1.807, 2.05) is 35.2 Å². The molecule has 1 saturated heterocycles. The fourth-order valence-corrected chi connectivity index (χ4v) is 4.49. The molecular formula is C28H27F2N3O2. The molecule has 2 heterocycles. The van der Waals surface area contributed by atoms with Crippen LogP contribution in [0.1, 0.15) is 27.7 Å². The first-order chi connectivity index (χ1) is 17.1. The van der Waals surface area contributed by atoms with E-state index in [4.69, 9.17) is 4.74 Å². The van der Waals surface area contributed by atoms with Gasteiger partial charge in [0, 0.05) is 43.6 Å². The molecule has 0 spiro atoms. The number of carbonyl (C=O) groups excluding carboxylic acids is 1. The molecule has 1 fully saturated rings. The molecule has 35 heavy (non-hydrogen) atoms. The van der Waals surface area contributed by atoms with Crippen LogP contribution in [0.3, 0.4) is 0 Å². The van der Waals surface area contributed by atoms with Crippen molar-refractivity contribution < 1.29 is 18.3 Å². The summed E-state index contributed by atoms with van der Waals surface area (Å²) in [7, 11) is 0. The van der Waals surface area contributed by atoms with Crippen LogP contribution in [-0.2, 0) is 4.74 Å². The first-order valence-corrected chi connectivity index (χ1v) is 11.8. The average molecular weight is 476 g/mol. The van der Waals surface area contributed by atoms with Gasteiger partial charge in [0.2, 0.25) is 0 Å². The second kappa shape index (κ2) is 10.4. The number of nitrogens with one attached hydrogen (secondary N) is 1. The molecule has 7 heteroatoms. The van der Waals surface area contributed by atoms with E-state index in [0.717, 1.165) is 35.1 Å². The molecule has 0 aliphatic carbocycles. The number of carbonyl (C=O) groups is 1. The maximum Gasteiger partial charge on any atom is 0.270 e. The lowest BCUT2D eigenvalue weighted by Gasteiger charge is -2.34. The Morgan fingerprint density at radius 2 is 1.46 bits per heavy atom. The van der Waals surface area contributed by atoms with E-state index in [1.165, 1.54) is 24.3 Å². The number of aromatic nitrogens is 1. The van der Waals surface area contributed by atoms with Crippen LogP contribution in [-0.4, -0.2) is 60.0 Å². The summed E-state index contributed by atoms with van der Waals surface area (Å²) in [4.78, 5) is 20.3. The number of para-hydroxylation sites is 1. The standard InChI is InChI=1S/C28H27F2N3O2/c29-23-9-5-20(6-10-23)27(21-7-11-24(30)12-8-21)35-18-17-32-13-15-33(16-14-32)28(34)26-19-22-3-1-2-4-25(22)31-26/h1-12,19,27,31H,13-18H2. The van der Waals surface area contributed by atoms with Crippen LogP contribution < -0.4 is 0 Å². The summed E-state index contributed by atoms with van der Waals surface area (Å²) in [5, 5.41) is 1.03. The van der Waals surface area contributed by atoms with E-state index < -0.39 is 6.10 Å². The highest BCUT2D eigenvalue weighted by atomic mass is 19.1. The third-order valence-corrected chi connectivity index (χ3v) is 6.46. The molecule has 4 aromatic rings. The van der Waals surface area contributed by atoms with Gasteiger partial charge in [-0.1, -0.05) is 42.5 Å². The van der Waals surface area contributed by atoms with Gasteiger partial charge in [0.05, 0.1) is 6.61 Å². The summed E-state index contributed by atoms with van der Waals surface area (Å²) < 4.78 is 33.1. The van der Waals surface area contributed by atoms with Crippen molar-refractivity contribution in [3.63, 3.8) is 0 Å². The van der Waals surface area contributed by atoms with E-state index in [-0.39, 0.29) is 17.5 Å². The van der Waals surface area contributed by atoms with Gasteiger partial charge in [0.15, 0.2) is 0 Å². The van der Waals surface area contributed by atoms with Gasteiger partial charge in [-0.25, -0.2) is 8.78 Å². The summed E-state index contributed by atoms with van der Waals surface area (Å²) in [6.45, 7) is 3.96. The number of halogens is 2. The summed E-state index contributed by atoms with van der Waals surface area (Å²) >= 11 is 0. The fraction of sp³-hybridized carbons (Fsp3) is 0.250. The molecular weight excluding hydrogens is 448 g/mol. The maximum atomic E-state index is 13.4. The largest absolute Gasteiger partial charge is 0.367 e. The topological polar surface area (TPSA) is 48.6 Å². The highest BCUT2D eigenvalue weighted by Crippen LogP contribution is 2.26. The number of piperazine rings is 1. The number of amides is 1. The lowest BCUT2D eigenvalue weighted by Crippen LogP contribution is -2.49. The first kappa shape index (κ1) is 23.2. The molecule has 5 nitrogen and oxygen atoms in total. The number of benzene rings is 3. The molecule has 180 valence electrons. The molecule has 1 aromatic heterocycles. The number of hydrogen-bond donors (Lipinski definition) is 1. The third-order valence-electron chi connectivity index (χ3n) is 6.46. The molecule has 0 bridgehead atoms. The number of ether oxygens (including phenoxy) is 1. The Morgan fingerprint density at radius 3 is 2.06 bits per heavy atom. The van der Waals surface area contributed by atoms with Gasteiger partial charge in [0.25, 0.3) is 5.91 Å². The van der Waals surface area contributed by atoms with Crippen molar-refractivity contribution in [2.45, 2.75) is 6.10 Å². The predicted molar refractivity (Wildman–Crippen MR) is 131 cm³/mol. The van der Waals surface area contributed by atoms with Gasteiger partial charge in [-0.2, -0.15) is 0 Å². The average Bonchev–Trinajstić information content (AvgIpc) is 3.32. The molecule has 0 radical (unpaired) electrons. The number of H-pyrrole nitrogens is 1. The SMILES string of the molecule is O=C(c1cc2ccccc2[nH]1)N1CCN(CCOC(c2ccc(F)cc2)c2ccc(F)cc2)CC1. The van der Waals surface area contributed by atoms with Crippen molar-refractivity contribution in [3.8, 4) is 0 Å². The van der Waals surface area contributed by atoms with E-state index in [0.29, 0.717) is 31.9 Å². The van der Waals surface area contributed by atoms with Crippen molar-refractivity contribution in [2.24, 2.45) is 0 Å². The van der Waals surface area contributed by atoms with Crippen LogP contribution in [0.5, 0.6) is 0 Å². The van der Waals surface area contributed by atoms with Gasteiger partial charge >= 0.3 is 0 Å². The molecule has 0 atom stereocenters. The number of hydrogen-bond acceptors (Lipinski definition) is 3. The smallest absolute Gasteiger partial charge is 0.270 e. The Kier molecular flexibility index (Phi) is 6.88. The minimum Gasteiger partial charge on any atom is -0.367 e. The Labute approximate surface area is 202 Å². The van der Waals surface area contributed by atoms with Gasteiger partial charge in [0.1, 0.15) is 23.4 Å². The molecule has 1 aliphatic heterocycles. The van der Waals surface area contributed by atoms with E-state index in [2.05, 4.69) is 9.88 Å². The normalized spacial score (nSPS) is 14.7. The summed E-state index contributed by atoms with van der Waals surface area (Å²) in [6.07, 6.45) is -0.416. The van der Waals surface area contributed by atoms with E-state index in [9.17, 15) is 13.6 Å². The highest BCUT2D eigenvalue weighted by molar-refractivity contribution is 5.98. The monoisotopic (exact) mass is 475 g/mol. The van der Waals surface area contributed by atoms with Gasteiger partial charge in [-0.3, -0.25) is 9.69 Å². The van der Waals surface area contributed by atoms with Crippen LogP contribution in [0, 0.1) is 11.6 Å². The molecule has 0 saturated carbocycles. The van der Waals surface area contributed by atoms with E-state index in [1.54, 1.807) is 24.3 Å². The van der Waals surface area contributed by atoms with Crippen molar-refractivity contribution in [1.82, 2.24) is 14.8 Å². The van der Waals surface area contributed by atoms with Gasteiger partial charge in [-0.05, 0) is 47.5 Å². The second-order valence-corrected chi connectivity index (χ2v) is 8.76. The van der Waals surface area contributed by atoms with Crippen LogP contribution in [0.15, 0.2) is 78.9 Å². The van der Waals surface area contributed by atoms with Gasteiger partial charge in [-0.15, -0.1) is 0 Å². The lowest BCUT2D eigenvalue weighted by atomic mass is 10.0. The number of fused-ring (bicyclic) bond motifs is 1. The Hall–Kier alpha value is -3.55. The molecule has 1 N–H and O–H groups in total.